The molecule has 0 spiro atoms. The molecule has 0 amide bonds. The molecule has 104 valence electrons. The Morgan fingerprint density at radius 2 is 2.22 bits per heavy atom. The van der Waals surface area contributed by atoms with Crippen molar-refractivity contribution in [2.45, 2.75) is 39.3 Å². The molecule has 0 radical (unpaired) electrons. The maximum Gasteiger partial charge on any atom is 0.161 e. The molecule has 1 N–H and O–H groups in total. The monoisotopic (exact) mass is 271 g/mol. The van der Waals surface area contributed by atoms with Gasteiger partial charge in [0.1, 0.15) is 0 Å². The number of hydrogen-bond acceptors (Lipinski definition) is 4. The van der Waals surface area contributed by atoms with E-state index in [0.29, 0.717) is 6.04 Å². The third-order valence-electron chi connectivity index (χ3n) is 2.82. The number of nitrogens with one attached hydrogen (secondary N) is 1. The summed E-state index contributed by atoms with van der Waals surface area (Å²) >= 11 is 1.96. The molecule has 0 saturated carbocycles. The van der Waals surface area contributed by atoms with Crippen molar-refractivity contribution in [2.24, 2.45) is 0 Å². The van der Waals surface area contributed by atoms with Gasteiger partial charge in [0, 0.05) is 11.8 Å². The number of rotatable bonds is 8. The van der Waals surface area contributed by atoms with Crippen molar-refractivity contribution >= 4 is 11.8 Å². The minimum absolute atomic E-state index is 0.279. The fourth-order valence-corrected chi connectivity index (χ4v) is 2.92. The maximum atomic E-state index is 5.43. The van der Waals surface area contributed by atoms with Crippen LogP contribution in [0.3, 0.4) is 0 Å². The summed E-state index contributed by atoms with van der Waals surface area (Å²) in [6.07, 6.45) is 3.02. The predicted molar refractivity (Wildman–Crippen MR) is 78.6 cm³/mol. The van der Waals surface area contributed by atoms with Crippen LogP contribution in [0.1, 0.15) is 45.0 Å². The molecule has 1 aromatic rings. The van der Waals surface area contributed by atoms with Gasteiger partial charge in [-0.25, -0.2) is 0 Å². The Kier molecular flexibility index (Phi) is 6.57. The first-order chi connectivity index (χ1) is 8.65. The average Bonchev–Trinajstić information content (AvgIpc) is 2.78. The molecule has 0 aliphatic rings. The van der Waals surface area contributed by atoms with E-state index in [2.05, 4.69) is 31.2 Å². The van der Waals surface area contributed by atoms with Gasteiger partial charge >= 0.3 is 0 Å². The van der Waals surface area contributed by atoms with Crippen molar-refractivity contribution in [3.8, 4) is 5.75 Å². The lowest BCUT2D eigenvalue weighted by atomic mass is 10.2. The van der Waals surface area contributed by atoms with Gasteiger partial charge in [0.2, 0.25) is 0 Å². The minimum atomic E-state index is 0.279. The Hall–Kier alpha value is -0.680. The molecule has 5 heteroatoms. The number of methoxy groups -OCH3 is 1. The molecule has 0 bridgehead atoms. The lowest BCUT2D eigenvalue weighted by Crippen LogP contribution is -2.24. The first-order valence-electron chi connectivity index (χ1n) is 6.52. The second kappa shape index (κ2) is 7.69. The highest BCUT2D eigenvalue weighted by Crippen LogP contribution is 2.29. The second-order valence-corrected chi connectivity index (χ2v) is 5.70. The van der Waals surface area contributed by atoms with Gasteiger partial charge in [0.05, 0.1) is 25.0 Å². The zero-order chi connectivity index (χ0) is 13.5. The number of ether oxygens (including phenoxy) is 1. The molecule has 1 unspecified atom stereocenters. The molecule has 4 nitrogen and oxygen atoms in total. The fraction of sp³-hybridized carbons (Fsp3) is 0.769. The predicted octanol–water partition coefficient (Wildman–Crippen LogP) is 2.88. The SMILES string of the molecule is CCCSCC(NC)c1c(OC)cnn1C(C)C. The summed E-state index contributed by atoms with van der Waals surface area (Å²) < 4.78 is 7.48. The molecule has 1 aromatic heterocycles. The van der Waals surface area contributed by atoms with E-state index in [1.54, 1.807) is 7.11 Å². The van der Waals surface area contributed by atoms with Crippen LogP contribution in [0.4, 0.5) is 0 Å². The normalized spacial score (nSPS) is 13.0. The van der Waals surface area contributed by atoms with Gasteiger partial charge < -0.3 is 10.1 Å². The molecule has 0 fully saturated rings. The highest BCUT2D eigenvalue weighted by atomic mass is 32.2. The first kappa shape index (κ1) is 15.4. The summed E-state index contributed by atoms with van der Waals surface area (Å²) in [4.78, 5) is 0. The van der Waals surface area contributed by atoms with E-state index in [0.717, 1.165) is 17.2 Å². The summed E-state index contributed by atoms with van der Waals surface area (Å²) in [5, 5.41) is 7.80. The topological polar surface area (TPSA) is 39.1 Å². The molecule has 1 heterocycles. The molecule has 1 rings (SSSR count). The lowest BCUT2D eigenvalue weighted by Gasteiger charge is -2.20. The van der Waals surface area contributed by atoms with E-state index in [9.17, 15) is 0 Å². The standard InChI is InChI=1S/C13H25N3OS/c1-6-7-18-9-11(14-4)13-12(17-5)8-15-16(13)10(2)3/h8,10-11,14H,6-7,9H2,1-5H3. The minimum Gasteiger partial charge on any atom is -0.493 e. The van der Waals surface area contributed by atoms with Gasteiger partial charge in [-0.15, -0.1) is 0 Å². The Balaban J connectivity index is 2.91. The summed E-state index contributed by atoms with van der Waals surface area (Å²) in [6, 6.07) is 0.623. The molecule has 0 saturated heterocycles. The van der Waals surface area contributed by atoms with E-state index < -0.39 is 0 Å². The van der Waals surface area contributed by atoms with Crippen molar-refractivity contribution < 1.29 is 4.74 Å². The van der Waals surface area contributed by atoms with Crippen LogP contribution in [0, 0.1) is 0 Å². The van der Waals surface area contributed by atoms with Crippen molar-refractivity contribution in [1.29, 1.82) is 0 Å². The summed E-state index contributed by atoms with van der Waals surface area (Å²) in [5.74, 6) is 3.11. The third-order valence-corrected chi connectivity index (χ3v) is 4.09. The number of nitrogens with zero attached hydrogens (tertiary/aromatic N) is 2. The largest absolute Gasteiger partial charge is 0.493 e. The summed E-state index contributed by atoms with van der Waals surface area (Å²) in [5.41, 5.74) is 1.15. The van der Waals surface area contributed by atoms with Gasteiger partial charge in [-0.1, -0.05) is 6.92 Å². The highest BCUT2D eigenvalue weighted by Gasteiger charge is 2.21. The molecule has 18 heavy (non-hydrogen) atoms. The van der Waals surface area contributed by atoms with E-state index in [1.807, 2.05) is 29.7 Å². The van der Waals surface area contributed by atoms with Crippen molar-refractivity contribution in [2.75, 3.05) is 25.7 Å². The molecule has 1 atom stereocenters. The number of aromatic nitrogens is 2. The maximum absolute atomic E-state index is 5.43. The lowest BCUT2D eigenvalue weighted by molar-refractivity contribution is 0.394. The molecular weight excluding hydrogens is 246 g/mol. The Bertz CT molecular complexity index is 352. The molecule has 0 aliphatic heterocycles. The van der Waals surface area contributed by atoms with Crippen LogP contribution in [0.25, 0.3) is 0 Å². The van der Waals surface area contributed by atoms with Gasteiger partial charge in [0.25, 0.3) is 0 Å². The number of hydrogen-bond donors (Lipinski definition) is 1. The van der Waals surface area contributed by atoms with E-state index in [4.69, 9.17) is 4.74 Å². The van der Waals surface area contributed by atoms with Crippen molar-refractivity contribution in [3.05, 3.63) is 11.9 Å². The fourth-order valence-electron chi connectivity index (χ4n) is 1.90. The molecule has 0 aromatic carbocycles. The average molecular weight is 271 g/mol. The van der Waals surface area contributed by atoms with Crippen LogP contribution < -0.4 is 10.1 Å². The quantitative estimate of drug-likeness (QED) is 0.738. The van der Waals surface area contributed by atoms with Crippen LogP contribution in [-0.2, 0) is 0 Å². The van der Waals surface area contributed by atoms with Gasteiger partial charge in [-0.05, 0) is 33.1 Å². The van der Waals surface area contributed by atoms with Crippen LogP contribution in [-0.4, -0.2) is 35.4 Å². The highest BCUT2D eigenvalue weighted by molar-refractivity contribution is 7.99. The zero-order valence-electron chi connectivity index (χ0n) is 12.1. The van der Waals surface area contributed by atoms with E-state index >= 15 is 0 Å². The van der Waals surface area contributed by atoms with E-state index in [-0.39, 0.29) is 6.04 Å². The van der Waals surface area contributed by atoms with Crippen molar-refractivity contribution in [1.82, 2.24) is 15.1 Å². The molecule has 0 aliphatic carbocycles. The van der Waals surface area contributed by atoms with E-state index in [1.165, 1.54) is 12.2 Å². The van der Waals surface area contributed by atoms with Gasteiger partial charge in [-0.2, -0.15) is 16.9 Å². The smallest absolute Gasteiger partial charge is 0.161 e. The van der Waals surface area contributed by atoms with Crippen LogP contribution >= 0.6 is 11.8 Å². The Morgan fingerprint density at radius 3 is 2.72 bits per heavy atom. The summed E-state index contributed by atoms with van der Waals surface area (Å²) in [7, 11) is 3.70. The van der Waals surface area contributed by atoms with Crippen molar-refractivity contribution in [3.63, 3.8) is 0 Å². The van der Waals surface area contributed by atoms with Crippen LogP contribution in [0.2, 0.25) is 0 Å². The Morgan fingerprint density at radius 1 is 1.50 bits per heavy atom. The molecular formula is C13H25N3OS. The third kappa shape index (κ3) is 3.65. The van der Waals surface area contributed by atoms with Crippen LogP contribution in [0.15, 0.2) is 6.20 Å². The zero-order valence-corrected chi connectivity index (χ0v) is 12.9. The Labute approximate surface area is 114 Å². The van der Waals surface area contributed by atoms with Gasteiger partial charge in [-0.3, -0.25) is 4.68 Å². The number of thioether (sulfide) groups is 1. The summed E-state index contributed by atoms with van der Waals surface area (Å²) in [6.45, 7) is 6.49. The van der Waals surface area contributed by atoms with Gasteiger partial charge in [0.15, 0.2) is 5.75 Å². The second-order valence-electron chi connectivity index (χ2n) is 4.55. The first-order valence-corrected chi connectivity index (χ1v) is 7.67. The van der Waals surface area contributed by atoms with Crippen LogP contribution in [0.5, 0.6) is 5.75 Å².